The van der Waals surface area contributed by atoms with Gasteiger partial charge in [0.05, 0.1) is 12.1 Å². The van der Waals surface area contributed by atoms with Gasteiger partial charge in [0.2, 0.25) is 0 Å². The van der Waals surface area contributed by atoms with E-state index in [1.165, 1.54) is 0 Å². The Bertz CT molecular complexity index is 962. The highest BCUT2D eigenvalue weighted by molar-refractivity contribution is 7.98. The van der Waals surface area contributed by atoms with Crippen molar-refractivity contribution in [2.24, 2.45) is 0 Å². The van der Waals surface area contributed by atoms with Crippen LogP contribution in [-0.4, -0.2) is 17.9 Å². The van der Waals surface area contributed by atoms with Crippen molar-refractivity contribution in [3.8, 4) is 5.75 Å². The van der Waals surface area contributed by atoms with Crippen LogP contribution < -0.4 is 4.74 Å². The average molecular weight is 396 g/mol. The van der Waals surface area contributed by atoms with E-state index >= 15 is 0 Å². The lowest BCUT2D eigenvalue weighted by Gasteiger charge is -2.09. The molecule has 138 valence electrons. The highest BCUT2D eigenvalue weighted by Gasteiger charge is 2.09. The SMILES string of the molecule is COc1ccc(/C=C/C(=O)c2cc(C)sc2C)cc1CSc1ccccn1. The third-order valence-corrected chi connectivity index (χ3v) is 6.01. The van der Waals surface area contributed by atoms with Gasteiger partial charge in [-0.15, -0.1) is 23.1 Å². The maximum atomic E-state index is 12.5. The van der Waals surface area contributed by atoms with Gasteiger partial charge in [0.1, 0.15) is 5.75 Å². The molecule has 1 aromatic carbocycles. The minimum Gasteiger partial charge on any atom is -0.496 e. The fourth-order valence-electron chi connectivity index (χ4n) is 2.74. The smallest absolute Gasteiger partial charge is 0.186 e. The monoisotopic (exact) mass is 395 g/mol. The van der Waals surface area contributed by atoms with Crippen molar-refractivity contribution in [2.75, 3.05) is 7.11 Å². The van der Waals surface area contributed by atoms with Crippen molar-refractivity contribution in [3.63, 3.8) is 0 Å². The van der Waals surface area contributed by atoms with Crippen LogP contribution in [0.1, 0.15) is 31.2 Å². The fourth-order valence-corrected chi connectivity index (χ4v) is 4.50. The molecule has 0 saturated heterocycles. The minimum atomic E-state index is 0.0390. The van der Waals surface area contributed by atoms with Gasteiger partial charge in [-0.05, 0) is 55.8 Å². The lowest BCUT2D eigenvalue weighted by molar-refractivity contribution is 0.104. The molecule has 0 aliphatic carbocycles. The average Bonchev–Trinajstić information content (AvgIpc) is 3.03. The Kier molecular flexibility index (Phi) is 6.48. The van der Waals surface area contributed by atoms with Crippen LogP contribution in [0.3, 0.4) is 0 Å². The van der Waals surface area contributed by atoms with E-state index in [-0.39, 0.29) is 5.78 Å². The molecule has 0 aliphatic rings. The molecule has 0 spiro atoms. The number of methoxy groups -OCH3 is 1. The second kappa shape index (κ2) is 9.02. The first kappa shape index (κ1) is 19.4. The number of thioether (sulfide) groups is 1. The van der Waals surface area contributed by atoms with E-state index in [2.05, 4.69) is 11.1 Å². The Morgan fingerprint density at radius 1 is 1.22 bits per heavy atom. The summed E-state index contributed by atoms with van der Waals surface area (Å²) in [5.74, 6) is 1.63. The Morgan fingerprint density at radius 3 is 2.74 bits per heavy atom. The Morgan fingerprint density at radius 2 is 2.07 bits per heavy atom. The van der Waals surface area contributed by atoms with E-state index in [1.54, 1.807) is 42.5 Å². The van der Waals surface area contributed by atoms with Crippen molar-refractivity contribution in [1.82, 2.24) is 4.98 Å². The first-order chi connectivity index (χ1) is 13.1. The molecule has 3 aromatic rings. The van der Waals surface area contributed by atoms with Gasteiger partial charge in [0.15, 0.2) is 5.78 Å². The molecule has 0 unspecified atom stereocenters. The van der Waals surface area contributed by atoms with E-state index in [0.29, 0.717) is 0 Å². The number of ketones is 1. The molecule has 0 amide bonds. The Hall–Kier alpha value is -2.37. The molecule has 0 N–H and O–H groups in total. The van der Waals surface area contributed by atoms with Crippen molar-refractivity contribution >= 4 is 35.0 Å². The van der Waals surface area contributed by atoms with Crippen molar-refractivity contribution < 1.29 is 9.53 Å². The van der Waals surface area contributed by atoms with Crippen LogP contribution in [0.25, 0.3) is 6.08 Å². The number of carbonyl (C=O) groups is 1. The largest absolute Gasteiger partial charge is 0.496 e. The predicted molar refractivity (Wildman–Crippen MR) is 114 cm³/mol. The Balaban J connectivity index is 1.76. The lowest BCUT2D eigenvalue weighted by atomic mass is 10.1. The summed E-state index contributed by atoms with van der Waals surface area (Å²) < 4.78 is 5.48. The molecule has 0 bridgehead atoms. The summed E-state index contributed by atoms with van der Waals surface area (Å²) in [5.41, 5.74) is 2.84. The topological polar surface area (TPSA) is 39.2 Å². The summed E-state index contributed by atoms with van der Waals surface area (Å²) in [4.78, 5) is 19.0. The van der Waals surface area contributed by atoms with Crippen LogP contribution in [-0.2, 0) is 5.75 Å². The van der Waals surface area contributed by atoms with Crippen LogP contribution >= 0.6 is 23.1 Å². The zero-order valence-electron chi connectivity index (χ0n) is 15.6. The maximum Gasteiger partial charge on any atom is 0.186 e. The van der Waals surface area contributed by atoms with Gasteiger partial charge in [-0.25, -0.2) is 4.98 Å². The zero-order chi connectivity index (χ0) is 19.2. The summed E-state index contributed by atoms with van der Waals surface area (Å²) in [6.45, 7) is 4.01. The number of ether oxygens (including phenoxy) is 1. The Labute approximate surface area is 168 Å². The van der Waals surface area contributed by atoms with Gasteiger partial charge in [0.25, 0.3) is 0 Å². The zero-order valence-corrected chi connectivity index (χ0v) is 17.2. The molecule has 0 fully saturated rings. The highest BCUT2D eigenvalue weighted by Crippen LogP contribution is 2.28. The van der Waals surface area contributed by atoms with E-state index in [1.807, 2.05) is 56.3 Å². The van der Waals surface area contributed by atoms with Gasteiger partial charge in [-0.2, -0.15) is 0 Å². The number of benzene rings is 1. The van der Waals surface area contributed by atoms with Gasteiger partial charge in [0, 0.05) is 32.8 Å². The van der Waals surface area contributed by atoms with E-state index in [0.717, 1.165) is 43.0 Å². The number of nitrogens with zero attached hydrogens (tertiary/aromatic N) is 1. The summed E-state index contributed by atoms with van der Waals surface area (Å²) in [7, 11) is 1.67. The van der Waals surface area contributed by atoms with E-state index in [4.69, 9.17) is 4.74 Å². The lowest BCUT2D eigenvalue weighted by Crippen LogP contribution is -1.94. The molecule has 2 aromatic heterocycles. The highest BCUT2D eigenvalue weighted by atomic mass is 32.2. The van der Waals surface area contributed by atoms with E-state index in [9.17, 15) is 4.79 Å². The summed E-state index contributed by atoms with van der Waals surface area (Å²) in [6.07, 6.45) is 5.30. The number of rotatable bonds is 7. The number of carbonyl (C=O) groups excluding carboxylic acids is 1. The molecule has 5 heteroatoms. The molecule has 2 heterocycles. The number of pyridine rings is 1. The number of thiophene rings is 1. The van der Waals surface area contributed by atoms with Crippen molar-refractivity contribution in [2.45, 2.75) is 24.6 Å². The normalized spacial score (nSPS) is 11.1. The minimum absolute atomic E-state index is 0.0390. The number of hydrogen-bond acceptors (Lipinski definition) is 5. The molecule has 0 saturated carbocycles. The maximum absolute atomic E-state index is 12.5. The van der Waals surface area contributed by atoms with Gasteiger partial charge in [-0.1, -0.05) is 18.2 Å². The molecule has 27 heavy (non-hydrogen) atoms. The third kappa shape index (κ3) is 5.08. The first-order valence-corrected chi connectivity index (χ1v) is 10.4. The quantitative estimate of drug-likeness (QED) is 0.281. The second-order valence-corrected chi connectivity index (χ2v) is 8.51. The van der Waals surface area contributed by atoms with Crippen LogP contribution in [0.2, 0.25) is 0 Å². The second-order valence-electron chi connectivity index (χ2n) is 6.05. The number of aromatic nitrogens is 1. The molecule has 3 nitrogen and oxygen atoms in total. The van der Waals surface area contributed by atoms with E-state index < -0.39 is 0 Å². The molecule has 0 radical (unpaired) electrons. The molecule has 0 atom stereocenters. The molecule has 3 rings (SSSR count). The number of aryl methyl sites for hydroxylation is 2. The van der Waals surface area contributed by atoms with Crippen LogP contribution in [0, 0.1) is 13.8 Å². The first-order valence-electron chi connectivity index (χ1n) is 8.57. The third-order valence-electron chi connectivity index (χ3n) is 4.05. The van der Waals surface area contributed by atoms with Gasteiger partial charge in [-0.3, -0.25) is 4.79 Å². The standard InChI is InChI=1S/C22H21NO2S2/c1-15-12-19(16(2)27-15)20(24)9-7-17-8-10-21(25-3)18(13-17)14-26-22-6-4-5-11-23-22/h4-13H,14H2,1-3H3/b9-7+. The number of allylic oxidation sites excluding steroid dienone is 1. The van der Waals surface area contributed by atoms with Crippen LogP contribution in [0.15, 0.2) is 59.8 Å². The van der Waals surface area contributed by atoms with Gasteiger partial charge >= 0.3 is 0 Å². The van der Waals surface area contributed by atoms with Crippen LogP contribution in [0.4, 0.5) is 0 Å². The van der Waals surface area contributed by atoms with Crippen LogP contribution in [0.5, 0.6) is 5.75 Å². The molecular weight excluding hydrogens is 374 g/mol. The summed E-state index contributed by atoms with van der Waals surface area (Å²) >= 11 is 3.31. The predicted octanol–water partition coefficient (Wildman–Crippen LogP) is 5.96. The molecule has 0 aliphatic heterocycles. The summed E-state index contributed by atoms with van der Waals surface area (Å²) in [5, 5.41) is 0.971. The number of hydrogen-bond donors (Lipinski definition) is 0. The molecular formula is C22H21NO2S2. The van der Waals surface area contributed by atoms with Crippen molar-refractivity contribution in [1.29, 1.82) is 0 Å². The fraction of sp³-hybridized carbons (Fsp3) is 0.182. The van der Waals surface area contributed by atoms with Crippen molar-refractivity contribution in [3.05, 3.63) is 81.2 Å². The summed E-state index contributed by atoms with van der Waals surface area (Å²) in [6, 6.07) is 13.8. The van der Waals surface area contributed by atoms with Gasteiger partial charge < -0.3 is 4.74 Å².